The lowest BCUT2D eigenvalue weighted by molar-refractivity contribution is 0.0889. The molecule has 1 aromatic heterocycles. The van der Waals surface area contributed by atoms with Gasteiger partial charge >= 0.3 is 0 Å². The van der Waals surface area contributed by atoms with Gasteiger partial charge in [0.05, 0.1) is 0 Å². The Bertz CT molecular complexity index is 466. The van der Waals surface area contributed by atoms with Gasteiger partial charge in [0, 0.05) is 12.0 Å². The summed E-state index contributed by atoms with van der Waals surface area (Å²) in [5, 5.41) is 10.0. The highest BCUT2D eigenvalue weighted by atomic mass is 16.2. The number of aromatic nitrogens is 3. The summed E-state index contributed by atoms with van der Waals surface area (Å²) in [7, 11) is 0. The summed E-state index contributed by atoms with van der Waals surface area (Å²) in [6.07, 6.45) is 5.76. The molecule has 0 aliphatic heterocycles. The van der Waals surface area contributed by atoms with Gasteiger partial charge in [-0.3, -0.25) is 9.89 Å². The van der Waals surface area contributed by atoms with Crippen LogP contribution in [0.1, 0.15) is 68.3 Å². The Labute approximate surface area is 113 Å². The van der Waals surface area contributed by atoms with Crippen molar-refractivity contribution in [2.75, 3.05) is 0 Å². The van der Waals surface area contributed by atoms with Crippen molar-refractivity contribution >= 4 is 5.91 Å². The van der Waals surface area contributed by atoms with Crippen LogP contribution in [-0.2, 0) is 0 Å². The minimum atomic E-state index is -0.130. The van der Waals surface area contributed by atoms with E-state index in [0.717, 1.165) is 31.0 Å². The first-order valence-electron chi connectivity index (χ1n) is 7.36. The molecule has 3 atom stereocenters. The molecule has 2 fully saturated rings. The van der Waals surface area contributed by atoms with Gasteiger partial charge in [0.25, 0.3) is 5.91 Å². The maximum Gasteiger partial charge on any atom is 0.291 e. The van der Waals surface area contributed by atoms with Crippen LogP contribution in [0.2, 0.25) is 0 Å². The van der Waals surface area contributed by atoms with E-state index in [1.165, 1.54) is 12.8 Å². The summed E-state index contributed by atoms with van der Waals surface area (Å²) in [6.45, 7) is 4.50. The third kappa shape index (κ3) is 2.80. The largest absolute Gasteiger partial charge is 0.346 e. The molecule has 0 spiro atoms. The fourth-order valence-electron chi connectivity index (χ4n) is 3.03. The fraction of sp³-hybridized carbons (Fsp3) is 0.786. The maximum absolute atomic E-state index is 12.1. The highest BCUT2D eigenvalue weighted by Gasteiger charge is 2.30. The molecule has 3 rings (SSSR count). The predicted molar refractivity (Wildman–Crippen MR) is 71.8 cm³/mol. The smallest absolute Gasteiger partial charge is 0.291 e. The van der Waals surface area contributed by atoms with E-state index >= 15 is 0 Å². The van der Waals surface area contributed by atoms with Gasteiger partial charge in [0.1, 0.15) is 5.82 Å². The normalized spacial score (nSPS) is 31.2. The number of rotatable bonds is 3. The van der Waals surface area contributed by atoms with Crippen LogP contribution in [0.4, 0.5) is 0 Å². The van der Waals surface area contributed by atoms with Crippen LogP contribution in [0.15, 0.2) is 0 Å². The molecule has 19 heavy (non-hydrogen) atoms. The van der Waals surface area contributed by atoms with Crippen molar-refractivity contribution in [3.63, 3.8) is 0 Å². The lowest BCUT2D eigenvalue weighted by Crippen LogP contribution is -2.42. The summed E-state index contributed by atoms with van der Waals surface area (Å²) < 4.78 is 0. The molecule has 3 unspecified atom stereocenters. The third-order valence-electron chi connectivity index (χ3n) is 4.42. The predicted octanol–water partition coefficient (Wildman–Crippen LogP) is 2.24. The average Bonchev–Trinajstić information content (AvgIpc) is 3.10. The highest BCUT2D eigenvalue weighted by molar-refractivity contribution is 5.90. The summed E-state index contributed by atoms with van der Waals surface area (Å²) >= 11 is 0. The van der Waals surface area contributed by atoms with Crippen LogP contribution in [0.5, 0.6) is 0 Å². The van der Waals surface area contributed by atoms with Crippen LogP contribution in [0.3, 0.4) is 0 Å². The van der Waals surface area contributed by atoms with E-state index < -0.39 is 0 Å². The first-order chi connectivity index (χ1) is 9.13. The lowest BCUT2D eigenvalue weighted by atomic mass is 9.80. The second kappa shape index (κ2) is 4.94. The number of nitrogens with zero attached hydrogens (tertiary/aromatic N) is 2. The molecule has 5 heteroatoms. The molecule has 0 saturated heterocycles. The molecule has 5 nitrogen and oxygen atoms in total. The Kier molecular flexibility index (Phi) is 3.29. The summed E-state index contributed by atoms with van der Waals surface area (Å²) in [6, 6.07) is 0.270. The Hall–Kier alpha value is -1.39. The molecule has 2 aliphatic rings. The van der Waals surface area contributed by atoms with Crippen LogP contribution in [0.25, 0.3) is 0 Å². The van der Waals surface area contributed by atoms with Crippen molar-refractivity contribution in [3.8, 4) is 0 Å². The van der Waals surface area contributed by atoms with Crippen LogP contribution >= 0.6 is 0 Å². The van der Waals surface area contributed by atoms with Crippen molar-refractivity contribution in [1.82, 2.24) is 20.5 Å². The molecule has 0 aromatic carbocycles. The van der Waals surface area contributed by atoms with E-state index in [-0.39, 0.29) is 11.9 Å². The van der Waals surface area contributed by atoms with Gasteiger partial charge in [-0.15, -0.1) is 5.10 Å². The fourth-order valence-corrected chi connectivity index (χ4v) is 3.03. The van der Waals surface area contributed by atoms with Crippen molar-refractivity contribution in [3.05, 3.63) is 11.6 Å². The van der Waals surface area contributed by atoms with E-state index in [4.69, 9.17) is 0 Å². The number of carbonyl (C=O) groups is 1. The summed E-state index contributed by atoms with van der Waals surface area (Å²) in [5.41, 5.74) is 0. The molecule has 2 aliphatic carbocycles. The monoisotopic (exact) mass is 262 g/mol. The molecule has 2 saturated carbocycles. The Morgan fingerprint density at radius 1 is 1.26 bits per heavy atom. The lowest BCUT2D eigenvalue weighted by Gasteiger charge is -2.32. The van der Waals surface area contributed by atoms with Crippen LogP contribution in [-0.4, -0.2) is 27.1 Å². The first kappa shape index (κ1) is 12.6. The number of H-pyrrole nitrogens is 1. The van der Waals surface area contributed by atoms with Gasteiger partial charge in [-0.25, -0.2) is 4.98 Å². The summed E-state index contributed by atoms with van der Waals surface area (Å²) in [5.74, 6) is 2.85. The van der Waals surface area contributed by atoms with Crippen molar-refractivity contribution in [2.45, 2.75) is 57.9 Å². The molecule has 1 heterocycles. The van der Waals surface area contributed by atoms with E-state index in [2.05, 4.69) is 34.3 Å². The molecule has 2 N–H and O–H groups in total. The van der Waals surface area contributed by atoms with E-state index in [1.807, 2.05) is 0 Å². The van der Waals surface area contributed by atoms with Gasteiger partial charge in [-0.2, -0.15) is 0 Å². The molecule has 1 aromatic rings. The number of amides is 1. The van der Waals surface area contributed by atoms with E-state index in [1.54, 1.807) is 0 Å². The van der Waals surface area contributed by atoms with Crippen molar-refractivity contribution in [1.29, 1.82) is 0 Å². The van der Waals surface area contributed by atoms with Crippen LogP contribution in [0, 0.1) is 11.8 Å². The van der Waals surface area contributed by atoms with Gasteiger partial charge in [0.2, 0.25) is 5.82 Å². The maximum atomic E-state index is 12.1. The zero-order valence-corrected chi connectivity index (χ0v) is 11.6. The molecule has 0 radical (unpaired) electrons. The van der Waals surface area contributed by atoms with Gasteiger partial charge in [-0.1, -0.05) is 13.8 Å². The van der Waals surface area contributed by atoms with Gasteiger partial charge in [0.15, 0.2) is 0 Å². The Morgan fingerprint density at radius 2 is 2.05 bits per heavy atom. The molecular formula is C14H22N4O. The summed E-state index contributed by atoms with van der Waals surface area (Å²) in [4.78, 5) is 16.4. The quantitative estimate of drug-likeness (QED) is 0.877. The van der Waals surface area contributed by atoms with E-state index in [0.29, 0.717) is 17.7 Å². The number of nitrogens with one attached hydrogen (secondary N) is 2. The standard InChI is InChI=1S/C14H22N4O/c1-8-3-6-11(9(2)7-8)15-14(19)13-16-12(17-18-13)10-4-5-10/h8-11H,3-7H2,1-2H3,(H,15,19)(H,16,17,18). The number of carbonyl (C=O) groups excluding carboxylic acids is 1. The zero-order chi connectivity index (χ0) is 13.4. The molecular weight excluding hydrogens is 240 g/mol. The van der Waals surface area contributed by atoms with Crippen molar-refractivity contribution in [2.24, 2.45) is 11.8 Å². The Balaban J connectivity index is 1.60. The topological polar surface area (TPSA) is 70.7 Å². The number of aromatic amines is 1. The zero-order valence-electron chi connectivity index (χ0n) is 11.6. The SMILES string of the molecule is CC1CCC(NC(=O)c2n[nH]c(C3CC3)n2)C(C)C1. The minimum absolute atomic E-state index is 0.130. The van der Waals surface area contributed by atoms with Gasteiger partial charge in [-0.05, 0) is 43.9 Å². The first-order valence-corrected chi connectivity index (χ1v) is 7.36. The van der Waals surface area contributed by atoms with Crippen molar-refractivity contribution < 1.29 is 4.79 Å². The van der Waals surface area contributed by atoms with E-state index in [9.17, 15) is 4.79 Å². The molecule has 1 amide bonds. The highest BCUT2D eigenvalue weighted by Crippen LogP contribution is 2.37. The second-order valence-electron chi connectivity index (χ2n) is 6.29. The number of hydrogen-bond acceptors (Lipinski definition) is 3. The third-order valence-corrected chi connectivity index (χ3v) is 4.42. The second-order valence-corrected chi connectivity index (χ2v) is 6.29. The molecule has 0 bridgehead atoms. The average molecular weight is 262 g/mol. The minimum Gasteiger partial charge on any atom is -0.346 e. The molecule has 104 valence electrons. The van der Waals surface area contributed by atoms with Crippen LogP contribution < -0.4 is 5.32 Å². The van der Waals surface area contributed by atoms with Gasteiger partial charge < -0.3 is 5.32 Å². The Morgan fingerprint density at radius 3 is 2.74 bits per heavy atom. The number of hydrogen-bond donors (Lipinski definition) is 2.